The summed E-state index contributed by atoms with van der Waals surface area (Å²) >= 11 is 0. The van der Waals surface area contributed by atoms with Gasteiger partial charge in [0.05, 0.1) is 6.42 Å². The van der Waals surface area contributed by atoms with Crippen molar-refractivity contribution < 1.29 is 32.8 Å². The minimum atomic E-state index is -4.84. The second-order valence-corrected chi connectivity index (χ2v) is 5.66. The molecule has 1 rings (SSSR count). The summed E-state index contributed by atoms with van der Waals surface area (Å²) in [6.45, 7) is 0. The Balaban J connectivity index is 0. The van der Waals surface area contributed by atoms with Gasteiger partial charge in [0.15, 0.2) is 5.25 Å². The molecule has 0 spiro atoms. The zero-order valence-electron chi connectivity index (χ0n) is 9.91. The van der Waals surface area contributed by atoms with Crippen molar-refractivity contribution in [3.8, 4) is 0 Å². The van der Waals surface area contributed by atoms with Crippen LogP contribution in [0.5, 0.6) is 0 Å². The molecule has 1 unspecified atom stereocenters. The molecular formula is C10H19NaO7S. The van der Waals surface area contributed by atoms with Crippen LogP contribution >= 0.6 is 0 Å². The molecule has 3 N–H and O–H groups in total. The predicted molar refractivity (Wildman–Crippen MR) is 70.1 cm³/mol. The molecule has 0 aliphatic heterocycles. The van der Waals surface area contributed by atoms with E-state index in [9.17, 15) is 18.0 Å². The fourth-order valence-corrected chi connectivity index (χ4v) is 2.15. The number of hydrogen-bond donors (Lipinski definition) is 3. The molecule has 9 heteroatoms. The summed E-state index contributed by atoms with van der Waals surface area (Å²) in [7, 11) is -4.84. The van der Waals surface area contributed by atoms with Gasteiger partial charge in [-0.2, -0.15) is 8.42 Å². The summed E-state index contributed by atoms with van der Waals surface area (Å²) in [5.74, 6) is -3.50. The van der Waals surface area contributed by atoms with Gasteiger partial charge < -0.3 is 10.2 Å². The molecule has 0 amide bonds. The molecule has 0 aromatic rings. The van der Waals surface area contributed by atoms with Crippen molar-refractivity contribution in [3.05, 3.63) is 0 Å². The van der Waals surface area contributed by atoms with Gasteiger partial charge in [0.25, 0.3) is 10.1 Å². The molecule has 0 saturated heterocycles. The molecule has 7 nitrogen and oxygen atoms in total. The monoisotopic (exact) mass is 306 g/mol. The van der Waals surface area contributed by atoms with Gasteiger partial charge in [-0.1, -0.05) is 38.5 Å². The van der Waals surface area contributed by atoms with E-state index in [4.69, 9.17) is 14.8 Å². The van der Waals surface area contributed by atoms with Gasteiger partial charge in [-0.3, -0.25) is 14.1 Å². The number of carboxylic acid groups (broad SMARTS) is 2. The van der Waals surface area contributed by atoms with Crippen LogP contribution in [0.1, 0.15) is 44.9 Å². The minimum absolute atomic E-state index is 0. The van der Waals surface area contributed by atoms with Gasteiger partial charge in [-0.05, 0) is 0 Å². The first-order valence-corrected chi connectivity index (χ1v) is 7.16. The zero-order chi connectivity index (χ0) is 14.2. The van der Waals surface area contributed by atoms with Crippen LogP contribution in [0.25, 0.3) is 0 Å². The summed E-state index contributed by atoms with van der Waals surface area (Å²) in [4.78, 5) is 20.0. The Hall–Kier alpha value is -0.150. The van der Waals surface area contributed by atoms with Gasteiger partial charge in [0.2, 0.25) is 0 Å². The molecular weight excluding hydrogens is 287 g/mol. The van der Waals surface area contributed by atoms with Crippen molar-refractivity contribution in [2.45, 2.75) is 50.2 Å². The van der Waals surface area contributed by atoms with Crippen LogP contribution < -0.4 is 0 Å². The third kappa shape index (κ3) is 11.4. The van der Waals surface area contributed by atoms with Crippen molar-refractivity contribution in [3.63, 3.8) is 0 Å². The van der Waals surface area contributed by atoms with Gasteiger partial charge in [-0.15, -0.1) is 0 Å². The summed E-state index contributed by atoms with van der Waals surface area (Å²) in [5.41, 5.74) is 0. The van der Waals surface area contributed by atoms with E-state index in [0.29, 0.717) is 0 Å². The van der Waals surface area contributed by atoms with E-state index >= 15 is 0 Å². The molecule has 1 fully saturated rings. The first-order chi connectivity index (χ1) is 8.25. The van der Waals surface area contributed by atoms with Crippen molar-refractivity contribution in [1.29, 1.82) is 0 Å². The first kappa shape index (κ1) is 21.2. The Morgan fingerprint density at radius 3 is 1.37 bits per heavy atom. The van der Waals surface area contributed by atoms with Crippen molar-refractivity contribution in [2.24, 2.45) is 0 Å². The molecule has 0 bridgehead atoms. The zero-order valence-corrected chi connectivity index (χ0v) is 10.7. The van der Waals surface area contributed by atoms with Crippen molar-refractivity contribution in [1.82, 2.24) is 0 Å². The maximum atomic E-state index is 10.2. The van der Waals surface area contributed by atoms with Crippen molar-refractivity contribution in [2.75, 3.05) is 0 Å². The van der Waals surface area contributed by atoms with Crippen LogP contribution in [-0.2, 0) is 19.7 Å². The van der Waals surface area contributed by atoms with Crippen LogP contribution in [-0.4, -0.2) is 69.9 Å². The fraction of sp³-hybridized carbons (Fsp3) is 0.800. The van der Waals surface area contributed by atoms with E-state index in [1.165, 1.54) is 38.5 Å². The van der Waals surface area contributed by atoms with Crippen LogP contribution in [0.2, 0.25) is 0 Å². The number of carbonyl (C=O) groups is 2. The normalized spacial score (nSPS) is 16.3. The number of hydrogen-bond acceptors (Lipinski definition) is 4. The number of aliphatic carboxylic acids is 2. The predicted octanol–water partition coefficient (Wildman–Crippen LogP) is 0.494. The van der Waals surface area contributed by atoms with E-state index < -0.39 is 33.7 Å². The third-order valence-corrected chi connectivity index (χ3v) is 3.58. The Labute approximate surface area is 134 Å². The van der Waals surface area contributed by atoms with Crippen LogP contribution in [0.4, 0.5) is 0 Å². The van der Waals surface area contributed by atoms with Crippen LogP contribution in [0, 0.1) is 0 Å². The maximum absolute atomic E-state index is 10.2. The van der Waals surface area contributed by atoms with E-state index in [2.05, 4.69) is 0 Å². The van der Waals surface area contributed by atoms with Gasteiger partial charge >= 0.3 is 41.5 Å². The molecule has 0 aromatic carbocycles. The molecule has 1 atom stereocenters. The Morgan fingerprint density at radius 1 is 0.947 bits per heavy atom. The molecule has 19 heavy (non-hydrogen) atoms. The molecule has 108 valence electrons. The molecule has 0 aromatic heterocycles. The topological polar surface area (TPSA) is 129 Å². The van der Waals surface area contributed by atoms with Crippen molar-refractivity contribution >= 4 is 51.6 Å². The average molecular weight is 306 g/mol. The standard InChI is InChI=1S/C6H12.C4H6O7S.Na.H/c1-2-4-6-5-3-1;5-3(6)1-2(4(7)8)12(9,10)11;;/h1-6H2;2H,1H2,(H,5,6)(H,7,8)(H,9,10,11);;. The number of carboxylic acids is 2. The fourth-order valence-electron chi connectivity index (χ4n) is 1.54. The summed E-state index contributed by atoms with van der Waals surface area (Å²) in [6, 6.07) is 0. The first-order valence-electron chi connectivity index (χ1n) is 5.66. The Morgan fingerprint density at radius 2 is 1.26 bits per heavy atom. The number of rotatable bonds is 4. The van der Waals surface area contributed by atoms with Crippen LogP contribution in [0.15, 0.2) is 0 Å². The van der Waals surface area contributed by atoms with Gasteiger partial charge in [0, 0.05) is 0 Å². The summed E-state index contributed by atoms with van der Waals surface area (Å²) in [5, 5.41) is 13.9. The van der Waals surface area contributed by atoms with E-state index in [0.717, 1.165) is 0 Å². The van der Waals surface area contributed by atoms with Gasteiger partial charge in [-0.25, -0.2) is 0 Å². The molecule has 1 aliphatic carbocycles. The summed E-state index contributed by atoms with van der Waals surface area (Å²) < 4.78 is 28.7. The Kier molecular flexibility index (Phi) is 11.8. The SMILES string of the molecule is C1CCCCC1.O=C(O)CC(C(=O)O)S(=O)(=O)O.[NaH]. The quantitative estimate of drug-likeness (QED) is 0.509. The molecule has 1 aliphatic rings. The molecule has 0 radical (unpaired) electrons. The third-order valence-electron chi connectivity index (χ3n) is 2.50. The van der Waals surface area contributed by atoms with Crippen LogP contribution in [0.3, 0.4) is 0 Å². The van der Waals surface area contributed by atoms with Gasteiger partial charge in [0.1, 0.15) is 0 Å². The van der Waals surface area contributed by atoms with E-state index in [1.54, 1.807) is 0 Å². The van der Waals surface area contributed by atoms with E-state index in [-0.39, 0.29) is 29.6 Å². The van der Waals surface area contributed by atoms with E-state index in [1.807, 2.05) is 0 Å². The molecule has 1 saturated carbocycles. The second kappa shape index (κ2) is 10.6. The molecule has 0 heterocycles. The summed E-state index contributed by atoms with van der Waals surface area (Å²) in [6.07, 6.45) is 7.84. The second-order valence-electron chi connectivity index (χ2n) is 4.06. The average Bonchev–Trinajstić information content (AvgIpc) is 2.27. The Bertz CT molecular complexity index is 364.